The second kappa shape index (κ2) is 48.6. The number of benzene rings is 14. The fraction of sp³-hybridized carbons (Fsp3) is 0.0309. The Bertz CT molecular complexity index is 4400. The van der Waals surface area contributed by atoms with Gasteiger partial charge in [0, 0.05) is 38.4 Å². The van der Waals surface area contributed by atoms with E-state index in [0.717, 1.165) is 5.56 Å². The van der Waals surface area contributed by atoms with Gasteiger partial charge in [-0.05, 0) is 190 Å². The Balaban J connectivity index is 0.000000166. The van der Waals surface area contributed by atoms with Crippen molar-refractivity contribution in [1.82, 2.24) is 9.97 Å². The predicted octanol–water partition coefficient (Wildman–Crippen LogP) is 20.6. The van der Waals surface area contributed by atoms with Gasteiger partial charge < -0.3 is 10.0 Å². The van der Waals surface area contributed by atoms with Crippen molar-refractivity contribution in [2.24, 2.45) is 0 Å². The second-order valence-electron chi connectivity index (χ2n) is 24.3. The molecular weight excluding hydrogens is 1660 g/mol. The van der Waals surface area contributed by atoms with Crippen LogP contribution in [0, 0.1) is 25.5 Å². The molecule has 2 N–H and O–H groups in total. The summed E-state index contributed by atoms with van der Waals surface area (Å²) in [5.74, 6) is -0.555. The summed E-state index contributed by atoms with van der Waals surface area (Å²) in [6.07, 6.45) is 3.34. The summed E-state index contributed by atoms with van der Waals surface area (Å²) in [7, 11) is -3.30. The molecule has 16 rings (SSSR count). The van der Waals surface area contributed by atoms with Gasteiger partial charge in [-0.3, -0.25) is 4.98 Å². The van der Waals surface area contributed by atoms with E-state index in [9.17, 15) is 8.78 Å². The van der Waals surface area contributed by atoms with Crippen LogP contribution in [0.4, 0.5) is 8.78 Å². The monoisotopic (exact) mass is 1740 g/mol. The third-order valence-electron chi connectivity index (χ3n) is 16.6. The van der Waals surface area contributed by atoms with E-state index in [0.29, 0.717) is 36.9 Å². The third-order valence-corrected chi connectivity index (χ3v) is 27.8. The molecule has 0 bridgehead atoms. The van der Waals surface area contributed by atoms with Gasteiger partial charge in [-0.1, -0.05) is 407 Å². The van der Waals surface area contributed by atoms with Gasteiger partial charge in [0.2, 0.25) is 0 Å². The van der Waals surface area contributed by atoms with E-state index in [2.05, 4.69) is 390 Å². The molecule has 4 nitrogen and oxygen atoms in total. The summed E-state index contributed by atoms with van der Waals surface area (Å²) in [6, 6.07) is 145. The number of aryl methyl sites for hydroxylation is 2. The molecule has 0 aliphatic carbocycles. The number of hydrogen-bond acceptors (Lipinski definition) is 4. The summed E-state index contributed by atoms with van der Waals surface area (Å²) in [6.45, 7) is 3.29. The molecule has 0 radical (unpaired) electrons. The maximum atomic E-state index is 13.1. The van der Waals surface area contributed by atoms with Crippen LogP contribution in [0.1, 0.15) is 18.6 Å². The molecule has 0 unspecified atom stereocenters. The molecule has 2 heterocycles. The first-order valence-corrected chi connectivity index (χ1v) is 42.4. The van der Waals surface area contributed by atoms with Gasteiger partial charge in [-0.25, -0.2) is 13.8 Å². The maximum absolute atomic E-state index is 13.1. The van der Waals surface area contributed by atoms with E-state index in [1.807, 2.05) is 0 Å². The molecule has 0 amide bonds. The van der Waals surface area contributed by atoms with Crippen LogP contribution >= 0.6 is 70.8 Å². The first-order valence-electron chi connectivity index (χ1n) is 35.5. The Hall–Kier alpha value is -9.33. The summed E-state index contributed by atoms with van der Waals surface area (Å²) in [5, 5.41) is 35.3. The molecule has 0 spiro atoms. The number of nitrogens with zero attached hydrogens (tertiary/aromatic N) is 2. The molecule has 0 aliphatic heterocycles. The van der Waals surface area contributed by atoms with Gasteiger partial charge in [0.25, 0.3) is 0 Å². The largest absolute Gasteiger partial charge is 0.488 e. The molecule has 15 heteroatoms. The minimum absolute atomic E-state index is 0. The Morgan fingerprint density at radius 1 is 0.286 bits per heavy atom. The Labute approximate surface area is 697 Å². The normalized spacial score (nSPS) is 10.2. The van der Waals surface area contributed by atoms with Crippen LogP contribution in [0.25, 0.3) is 11.3 Å². The number of hydrogen-bond donors (Lipinski definition) is 2. The average molecular weight is 1740 g/mol. The Morgan fingerprint density at radius 2 is 0.500 bits per heavy atom. The van der Waals surface area contributed by atoms with Gasteiger partial charge in [0.1, 0.15) is 16.2 Å². The summed E-state index contributed by atoms with van der Waals surface area (Å²) >= 11 is 14.7. The summed E-state index contributed by atoms with van der Waals surface area (Å²) in [4.78, 5) is 8.03. The van der Waals surface area contributed by atoms with Crippen LogP contribution in [0.5, 0.6) is 0 Å². The van der Waals surface area contributed by atoms with Crippen molar-refractivity contribution < 1.29 is 39.3 Å². The molecule has 0 fully saturated rings. The second-order valence-corrected chi connectivity index (χ2v) is 34.8. The van der Waals surface area contributed by atoms with Crippen molar-refractivity contribution in [3.63, 3.8) is 0 Å². The van der Waals surface area contributed by atoms with Crippen molar-refractivity contribution in [2.45, 2.75) is 21.3 Å². The first-order chi connectivity index (χ1) is 53.9. The van der Waals surface area contributed by atoms with Gasteiger partial charge in [-0.15, -0.1) is 0 Å². The van der Waals surface area contributed by atoms with Crippen molar-refractivity contribution in [3.05, 3.63) is 474 Å². The first kappa shape index (κ1) is 88.2. The van der Waals surface area contributed by atoms with Crippen LogP contribution < -0.4 is 69.1 Å². The van der Waals surface area contributed by atoms with Crippen molar-refractivity contribution >= 4 is 147 Å². The smallest absolute Gasteiger partial charge is 0.423 e. The van der Waals surface area contributed by atoms with Gasteiger partial charge in [-0.2, -0.15) is 0 Å². The topological polar surface area (TPSA) is 66.2 Å². The molecule has 2 aromatic heterocycles. The average Bonchev–Trinajstić information content (AvgIpc) is 0.836. The van der Waals surface area contributed by atoms with E-state index in [4.69, 9.17) is 33.2 Å². The number of pyridine rings is 2. The molecule has 14 aromatic carbocycles. The molecule has 112 heavy (non-hydrogen) atoms. The van der Waals surface area contributed by atoms with Crippen molar-refractivity contribution in [3.8, 4) is 11.3 Å². The van der Waals surface area contributed by atoms with E-state index in [1.54, 1.807) is 62.6 Å². The number of rotatable bonds is 14. The zero-order valence-corrected chi connectivity index (χ0v) is 69.2. The van der Waals surface area contributed by atoms with Crippen LogP contribution in [0.3, 0.4) is 0 Å². The predicted molar refractivity (Wildman–Crippen MR) is 485 cm³/mol. The van der Waals surface area contributed by atoms with Crippen molar-refractivity contribution in [2.75, 3.05) is 0 Å². The van der Waals surface area contributed by atoms with Crippen LogP contribution in [0.2, 0.25) is 10.0 Å². The minimum atomic E-state index is -1.52. The van der Waals surface area contributed by atoms with Crippen LogP contribution in [0.15, 0.2) is 442 Å². The molecular formula is C97H84BBrCl2F2N2O2P4Pd. The molecule has 562 valence electrons. The van der Waals surface area contributed by atoms with Crippen molar-refractivity contribution in [1.29, 1.82) is 0 Å². The summed E-state index contributed by atoms with van der Waals surface area (Å²) in [5.41, 5.74) is 2.83. The standard InChI is InChI=1S/4C18H15P.C12H9ClFN.C7H8BFO2.C5H3BrClN.CH4.Pd/c4*1-4-10-16(11-5-1)19(17-12-6-2-7-13-17)18-14-8-3-9-15-18;1-8-7-9(4-5-11(8)14)12-10(13)3-2-6-15-12;1-5-4-6(8(10)11)2-3-7(5)9;6-5-4(7)2-1-3-8-5;;/h4*1-15H;2-7H,1H3;2-4,10-11H,1H3;1-3H;1H4;. The Kier molecular flexibility index (Phi) is 38.3. The molecule has 0 saturated carbocycles. The van der Waals surface area contributed by atoms with E-state index in [-0.39, 0.29) is 39.5 Å². The van der Waals surface area contributed by atoms with Gasteiger partial charge >= 0.3 is 7.12 Å². The maximum Gasteiger partial charge on any atom is 0.488 e. The van der Waals surface area contributed by atoms with Gasteiger partial charge in [0.05, 0.1) is 15.7 Å². The Morgan fingerprint density at radius 3 is 0.688 bits per heavy atom. The zero-order chi connectivity index (χ0) is 76.9. The van der Waals surface area contributed by atoms with Crippen LogP contribution in [-0.4, -0.2) is 27.1 Å². The number of halogens is 5. The molecule has 0 saturated heterocycles. The molecule has 16 aromatic rings. The molecule has 0 atom stereocenters. The third kappa shape index (κ3) is 27.5. The van der Waals surface area contributed by atoms with Crippen LogP contribution in [-0.2, 0) is 20.4 Å². The fourth-order valence-corrected chi connectivity index (χ4v) is 21.1. The van der Waals surface area contributed by atoms with E-state index in [1.165, 1.54) is 87.9 Å². The van der Waals surface area contributed by atoms with Gasteiger partial charge in [0.15, 0.2) is 0 Å². The zero-order valence-electron chi connectivity index (χ0n) is 60.9. The number of aromatic nitrogens is 2. The molecule has 0 aliphatic rings. The summed E-state index contributed by atoms with van der Waals surface area (Å²) < 4.78 is 26.4. The minimum Gasteiger partial charge on any atom is -0.423 e. The fourth-order valence-electron chi connectivity index (χ4n) is 11.3. The van der Waals surface area contributed by atoms with E-state index >= 15 is 0 Å². The van der Waals surface area contributed by atoms with E-state index < -0.39 is 38.8 Å². The quantitative estimate of drug-likeness (QED) is 0.0647. The SMILES string of the molecule is C.Cc1cc(-c2ncccc2Cl)ccc1F.Cc1cc(B(O)O)ccc1F.Clc1cccnc1Br.[Pd].c1ccc(P(c2ccccc2)c2ccccc2)cc1.c1ccc(P(c2ccccc2)c2ccccc2)cc1.c1ccc(P(c2ccccc2)c2ccccc2)cc1.c1ccc(P(c2ccccc2)c2ccccc2)cc1.